The van der Waals surface area contributed by atoms with Crippen LogP contribution in [-0.4, -0.2) is 29.9 Å². The number of hydrogen-bond donors (Lipinski definition) is 1. The number of carbonyl (C=O) groups is 1. The predicted octanol–water partition coefficient (Wildman–Crippen LogP) is 4.15. The van der Waals surface area contributed by atoms with Gasteiger partial charge >= 0.3 is 5.97 Å². The fourth-order valence-electron chi connectivity index (χ4n) is 2.55. The molecule has 142 valence electrons. The van der Waals surface area contributed by atoms with Crippen LogP contribution in [0.5, 0.6) is 5.75 Å². The second kappa shape index (κ2) is 9.80. The highest BCUT2D eigenvalue weighted by atomic mass is 16.5. The Kier molecular flexibility index (Phi) is 7.45. The van der Waals surface area contributed by atoms with Crippen LogP contribution in [0.3, 0.4) is 0 Å². The van der Waals surface area contributed by atoms with E-state index in [4.69, 9.17) is 9.47 Å². The first-order valence-corrected chi connectivity index (χ1v) is 9.01. The van der Waals surface area contributed by atoms with E-state index < -0.39 is 12.1 Å². The Morgan fingerprint density at radius 1 is 1.11 bits per heavy atom. The molecule has 0 aromatic heterocycles. The third-order valence-electron chi connectivity index (χ3n) is 3.97. The van der Waals surface area contributed by atoms with Crippen LogP contribution in [0.2, 0.25) is 0 Å². The Labute approximate surface area is 161 Å². The minimum absolute atomic E-state index is 0.149. The summed E-state index contributed by atoms with van der Waals surface area (Å²) in [5.41, 5.74) is 3.98. The zero-order chi connectivity index (χ0) is 19.8. The molecule has 0 aliphatic rings. The van der Waals surface area contributed by atoms with Crippen LogP contribution in [0.15, 0.2) is 42.5 Å². The summed E-state index contributed by atoms with van der Waals surface area (Å²) in [5, 5.41) is 9.33. The van der Waals surface area contributed by atoms with Crippen molar-refractivity contribution >= 4 is 5.97 Å². The molecule has 1 atom stereocenters. The number of benzene rings is 2. The van der Waals surface area contributed by atoms with Gasteiger partial charge in [0, 0.05) is 12.0 Å². The lowest BCUT2D eigenvalue weighted by Crippen LogP contribution is -2.29. The third-order valence-corrected chi connectivity index (χ3v) is 3.97. The van der Waals surface area contributed by atoms with E-state index in [1.54, 1.807) is 0 Å². The fourth-order valence-corrected chi connectivity index (χ4v) is 2.55. The molecule has 2 aromatic carbocycles. The molecule has 4 nitrogen and oxygen atoms in total. The van der Waals surface area contributed by atoms with Gasteiger partial charge in [-0.15, -0.1) is 0 Å². The number of hydrogen-bond acceptors (Lipinski definition) is 3. The predicted molar refractivity (Wildman–Crippen MR) is 106 cm³/mol. The average Bonchev–Trinajstić information content (AvgIpc) is 2.61. The smallest absolute Gasteiger partial charge is 0.333 e. The highest BCUT2D eigenvalue weighted by Gasteiger charge is 2.20. The standard InChI is InChI=1S/C23H26O4/c1-16(2)27-22(23(24)25)15-20-12-9-18(4)21(14-20)26-13-5-6-19-10-7-17(3)8-11-19/h7-12,14,16,22H,13,15H2,1-4H3,(H,24,25). The summed E-state index contributed by atoms with van der Waals surface area (Å²) in [6.07, 6.45) is -0.731. The number of rotatable bonds is 7. The van der Waals surface area contributed by atoms with Gasteiger partial charge in [0.1, 0.15) is 12.4 Å². The molecule has 0 fully saturated rings. The second-order valence-corrected chi connectivity index (χ2v) is 6.77. The zero-order valence-corrected chi connectivity index (χ0v) is 16.3. The van der Waals surface area contributed by atoms with Gasteiger partial charge in [-0.2, -0.15) is 0 Å². The monoisotopic (exact) mass is 366 g/mol. The quantitative estimate of drug-likeness (QED) is 0.748. The van der Waals surface area contributed by atoms with Gasteiger partial charge in [-0.1, -0.05) is 41.7 Å². The number of aryl methyl sites for hydroxylation is 2. The van der Waals surface area contributed by atoms with E-state index in [9.17, 15) is 9.90 Å². The molecule has 0 radical (unpaired) electrons. The van der Waals surface area contributed by atoms with Crippen molar-refractivity contribution in [2.24, 2.45) is 0 Å². The summed E-state index contributed by atoms with van der Waals surface area (Å²) in [5.74, 6) is 5.83. The van der Waals surface area contributed by atoms with Crippen molar-refractivity contribution in [2.45, 2.75) is 46.3 Å². The van der Waals surface area contributed by atoms with Crippen molar-refractivity contribution in [1.82, 2.24) is 0 Å². The molecule has 27 heavy (non-hydrogen) atoms. The first kappa shape index (κ1) is 20.5. The number of ether oxygens (including phenoxy) is 2. The van der Waals surface area contributed by atoms with Gasteiger partial charge < -0.3 is 14.6 Å². The maximum absolute atomic E-state index is 11.4. The summed E-state index contributed by atoms with van der Waals surface area (Å²) in [4.78, 5) is 11.4. The molecular formula is C23H26O4. The number of aliphatic carboxylic acids is 1. The number of carboxylic acids is 1. The molecule has 1 N–H and O–H groups in total. The lowest BCUT2D eigenvalue weighted by molar-refractivity contribution is -0.153. The van der Waals surface area contributed by atoms with Gasteiger partial charge in [-0.3, -0.25) is 0 Å². The Balaban J connectivity index is 2.02. The second-order valence-electron chi connectivity index (χ2n) is 6.77. The largest absolute Gasteiger partial charge is 0.481 e. The molecule has 2 aromatic rings. The van der Waals surface area contributed by atoms with Gasteiger partial charge in [0.2, 0.25) is 0 Å². The van der Waals surface area contributed by atoms with E-state index in [2.05, 4.69) is 11.8 Å². The highest BCUT2D eigenvalue weighted by molar-refractivity contribution is 5.72. The van der Waals surface area contributed by atoms with E-state index in [0.717, 1.165) is 16.7 Å². The van der Waals surface area contributed by atoms with Crippen molar-refractivity contribution in [3.63, 3.8) is 0 Å². The molecular weight excluding hydrogens is 340 g/mol. The van der Waals surface area contributed by atoms with Crippen molar-refractivity contribution < 1.29 is 19.4 Å². The van der Waals surface area contributed by atoms with Crippen molar-refractivity contribution in [1.29, 1.82) is 0 Å². The van der Waals surface area contributed by atoms with Crippen LogP contribution >= 0.6 is 0 Å². The zero-order valence-electron chi connectivity index (χ0n) is 16.3. The Morgan fingerprint density at radius 3 is 2.44 bits per heavy atom. The van der Waals surface area contributed by atoms with Gasteiger partial charge in [0.25, 0.3) is 0 Å². The molecule has 0 spiro atoms. The highest BCUT2D eigenvalue weighted by Crippen LogP contribution is 2.21. The van der Waals surface area contributed by atoms with Crippen molar-refractivity contribution in [2.75, 3.05) is 6.61 Å². The SMILES string of the molecule is Cc1ccc(C#CCOc2cc(CC(OC(C)C)C(=O)O)ccc2C)cc1. The van der Waals surface area contributed by atoms with Crippen LogP contribution < -0.4 is 4.74 Å². The van der Waals surface area contributed by atoms with Crippen LogP contribution in [0.25, 0.3) is 0 Å². The van der Waals surface area contributed by atoms with E-state index >= 15 is 0 Å². The summed E-state index contributed by atoms with van der Waals surface area (Å²) < 4.78 is 11.3. The molecule has 0 aliphatic heterocycles. The van der Waals surface area contributed by atoms with Crippen LogP contribution in [0, 0.1) is 25.7 Å². The first-order chi connectivity index (χ1) is 12.8. The van der Waals surface area contributed by atoms with Crippen LogP contribution in [-0.2, 0) is 16.0 Å². The van der Waals surface area contributed by atoms with Crippen LogP contribution in [0.1, 0.15) is 36.1 Å². The van der Waals surface area contributed by atoms with E-state index in [1.165, 1.54) is 5.56 Å². The van der Waals surface area contributed by atoms with Gasteiger partial charge in [0.05, 0.1) is 6.10 Å². The first-order valence-electron chi connectivity index (χ1n) is 9.01. The Hall–Kier alpha value is -2.77. The molecule has 0 aliphatic carbocycles. The minimum atomic E-state index is -0.962. The van der Waals surface area contributed by atoms with E-state index in [-0.39, 0.29) is 12.7 Å². The Bertz CT molecular complexity index is 826. The van der Waals surface area contributed by atoms with Crippen molar-refractivity contribution in [3.05, 3.63) is 64.7 Å². The van der Waals surface area contributed by atoms with Gasteiger partial charge in [0.15, 0.2) is 6.10 Å². The molecule has 2 rings (SSSR count). The summed E-state index contributed by atoms with van der Waals surface area (Å²) in [6, 6.07) is 13.7. The fraction of sp³-hybridized carbons (Fsp3) is 0.348. The van der Waals surface area contributed by atoms with Crippen LogP contribution in [0.4, 0.5) is 0 Å². The van der Waals surface area contributed by atoms with Crippen molar-refractivity contribution in [3.8, 4) is 17.6 Å². The molecule has 0 saturated carbocycles. The molecule has 1 unspecified atom stereocenters. The average molecular weight is 366 g/mol. The maximum Gasteiger partial charge on any atom is 0.333 e. The lowest BCUT2D eigenvalue weighted by atomic mass is 10.0. The van der Waals surface area contributed by atoms with E-state index in [0.29, 0.717) is 12.2 Å². The molecule has 0 saturated heterocycles. The molecule has 0 heterocycles. The Morgan fingerprint density at radius 2 is 1.81 bits per heavy atom. The summed E-state index contributed by atoms with van der Waals surface area (Å²) >= 11 is 0. The topological polar surface area (TPSA) is 55.8 Å². The van der Waals surface area contributed by atoms with Gasteiger partial charge in [-0.05, 0) is 57.0 Å². The van der Waals surface area contributed by atoms with Gasteiger partial charge in [-0.25, -0.2) is 4.79 Å². The van der Waals surface area contributed by atoms with E-state index in [1.807, 2.05) is 70.2 Å². The number of carboxylic acid groups (broad SMARTS) is 1. The lowest BCUT2D eigenvalue weighted by Gasteiger charge is -2.17. The molecule has 4 heteroatoms. The molecule has 0 amide bonds. The minimum Gasteiger partial charge on any atom is -0.481 e. The third kappa shape index (κ3) is 6.80. The molecule has 0 bridgehead atoms. The summed E-state index contributed by atoms with van der Waals surface area (Å²) in [6.45, 7) is 7.91. The maximum atomic E-state index is 11.4. The summed E-state index contributed by atoms with van der Waals surface area (Å²) in [7, 11) is 0. The normalized spacial score (nSPS) is 11.6.